The van der Waals surface area contributed by atoms with Crippen LogP contribution in [0.5, 0.6) is 0 Å². The third-order valence-corrected chi connectivity index (χ3v) is 6.16. The van der Waals surface area contributed by atoms with Gasteiger partial charge in [-0.25, -0.2) is 4.98 Å². The largest absolute Gasteiger partial charge is 0.399 e. The summed E-state index contributed by atoms with van der Waals surface area (Å²) in [6.07, 6.45) is 5.24. The molecule has 2 atom stereocenters. The van der Waals surface area contributed by atoms with Crippen LogP contribution in [0.1, 0.15) is 5.56 Å². The van der Waals surface area contributed by atoms with E-state index in [1.54, 1.807) is 36.4 Å². The second-order valence-electron chi connectivity index (χ2n) is 6.54. The van der Waals surface area contributed by atoms with E-state index in [1.165, 1.54) is 0 Å². The Kier molecular flexibility index (Phi) is 5.85. The lowest BCUT2D eigenvalue weighted by atomic mass is 10.1. The number of nitrogens with zero attached hydrogens (tertiary/aromatic N) is 2. The van der Waals surface area contributed by atoms with Crippen molar-refractivity contribution in [2.24, 2.45) is 0 Å². The Labute approximate surface area is 177 Å². The summed E-state index contributed by atoms with van der Waals surface area (Å²) in [5.74, 6) is -0.241. The summed E-state index contributed by atoms with van der Waals surface area (Å²) in [4.78, 5) is 5.24. The Hall–Kier alpha value is -1.70. The molecule has 28 heavy (non-hydrogen) atoms. The van der Waals surface area contributed by atoms with Crippen LogP contribution in [-0.2, 0) is 21.8 Å². The topological polar surface area (TPSA) is 62.3 Å². The van der Waals surface area contributed by atoms with Crippen molar-refractivity contribution in [2.75, 3.05) is 18.1 Å². The van der Waals surface area contributed by atoms with Gasteiger partial charge in [0.2, 0.25) is 5.79 Å². The molecule has 2 N–H and O–H groups in total. The molecule has 1 aliphatic rings. The van der Waals surface area contributed by atoms with Gasteiger partial charge in [0.15, 0.2) is 0 Å². The van der Waals surface area contributed by atoms with E-state index in [9.17, 15) is 0 Å². The Morgan fingerprint density at radius 3 is 2.75 bits per heavy atom. The van der Waals surface area contributed by atoms with Crippen molar-refractivity contribution < 1.29 is 9.47 Å². The van der Waals surface area contributed by atoms with E-state index < -0.39 is 5.79 Å². The highest BCUT2D eigenvalue weighted by atomic mass is 35.5. The van der Waals surface area contributed by atoms with E-state index in [1.807, 2.05) is 41.1 Å². The van der Waals surface area contributed by atoms with Gasteiger partial charge in [-0.3, -0.25) is 0 Å². The smallest absolute Gasteiger partial charge is 0.215 e. The first-order valence-electron chi connectivity index (χ1n) is 8.75. The molecule has 3 aromatic rings. The van der Waals surface area contributed by atoms with Gasteiger partial charge in [-0.2, -0.15) is 0 Å². The van der Waals surface area contributed by atoms with Crippen molar-refractivity contribution in [1.82, 2.24) is 9.55 Å². The maximum absolute atomic E-state index is 6.49. The zero-order valence-electron chi connectivity index (χ0n) is 14.9. The van der Waals surface area contributed by atoms with Gasteiger partial charge in [0, 0.05) is 39.3 Å². The van der Waals surface area contributed by atoms with Gasteiger partial charge in [0.25, 0.3) is 0 Å². The van der Waals surface area contributed by atoms with Gasteiger partial charge >= 0.3 is 0 Å². The maximum atomic E-state index is 6.49. The van der Waals surface area contributed by atoms with E-state index in [2.05, 4.69) is 4.98 Å². The summed E-state index contributed by atoms with van der Waals surface area (Å²) in [5.41, 5.74) is 7.26. The standard InChI is InChI=1S/C20H19Cl2N3O2S/c21-14-1-6-18(19(22)9-14)20(12-25-8-7-24-13-25)26-10-16(27-20)11-28-17-4-2-15(23)3-5-17/h1-9,13,16H,10-12,23H2/t16-,20-/m1/s1. The van der Waals surface area contributed by atoms with Crippen molar-refractivity contribution in [3.63, 3.8) is 0 Å². The minimum atomic E-state index is -0.991. The number of imidazole rings is 1. The van der Waals surface area contributed by atoms with Gasteiger partial charge in [0.1, 0.15) is 0 Å². The van der Waals surface area contributed by atoms with Crippen LogP contribution in [0.25, 0.3) is 0 Å². The molecule has 1 aliphatic heterocycles. The number of hydrogen-bond acceptors (Lipinski definition) is 5. The molecule has 2 aromatic carbocycles. The van der Waals surface area contributed by atoms with Crippen LogP contribution in [0.4, 0.5) is 5.69 Å². The number of benzene rings is 2. The summed E-state index contributed by atoms with van der Waals surface area (Å²) in [5, 5.41) is 1.08. The van der Waals surface area contributed by atoms with Crippen LogP contribution in [0.15, 0.2) is 66.1 Å². The first kappa shape index (κ1) is 19.6. The average molecular weight is 436 g/mol. The molecule has 0 amide bonds. The Bertz CT molecular complexity index is 937. The minimum Gasteiger partial charge on any atom is -0.399 e. The number of rotatable bonds is 6. The lowest BCUT2D eigenvalue weighted by Gasteiger charge is -2.30. The van der Waals surface area contributed by atoms with Gasteiger partial charge in [-0.15, -0.1) is 11.8 Å². The molecule has 5 nitrogen and oxygen atoms in total. The van der Waals surface area contributed by atoms with Crippen molar-refractivity contribution in [3.05, 3.63) is 76.8 Å². The van der Waals surface area contributed by atoms with E-state index in [0.29, 0.717) is 23.2 Å². The Balaban J connectivity index is 1.54. The Morgan fingerprint density at radius 2 is 2.04 bits per heavy atom. The molecule has 0 bridgehead atoms. The van der Waals surface area contributed by atoms with E-state index in [4.69, 9.17) is 38.4 Å². The van der Waals surface area contributed by atoms with Crippen LogP contribution in [-0.4, -0.2) is 28.0 Å². The monoisotopic (exact) mass is 435 g/mol. The maximum Gasteiger partial charge on any atom is 0.215 e. The fourth-order valence-corrected chi connectivity index (χ4v) is 4.55. The minimum absolute atomic E-state index is 0.0854. The summed E-state index contributed by atoms with van der Waals surface area (Å²) in [7, 11) is 0. The number of aromatic nitrogens is 2. The van der Waals surface area contributed by atoms with Gasteiger partial charge in [-0.05, 0) is 36.4 Å². The van der Waals surface area contributed by atoms with Gasteiger partial charge in [0.05, 0.1) is 30.6 Å². The molecule has 2 heterocycles. The van der Waals surface area contributed by atoms with Crippen molar-refractivity contribution in [3.8, 4) is 0 Å². The molecule has 146 valence electrons. The summed E-state index contributed by atoms with van der Waals surface area (Å²) >= 11 is 14.3. The van der Waals surface area contributed by atoms with E-state index in [0.717, 1.165) is 21.9 Å². The lowest BCUT2D eigenvalue weighted by Crippen LogP contribution is -2.34. The van der Waals surface area contributed by atoms with Crippen LogP contribution in [0.3, 0.4) is 0 Å². The van der Waals surface area contributed by atoms with Gasteiger partial charge < -0.3 is 19.8 Å². The molecule has 0 spiro atoms. The zero-order chi connectivity index (χ0) is 19.6. The lowest BCUT2D eigenvalue weighted by molar-refractivity contribution is -0.184. The molecule has 8 heteroatoms. The fourth-order valence-electron chi connectivity index (χ4n) is 3.13. The molecule has 0 radical (unpaired) electrons. The molecule has 0 saturated carbocycles. The number of nitrogens with two attached hydrogens (primary N) is 1. The van der Waals surface area contributed by atoms with Crippen molar-refractivity contribution in [1.29, 1.82) is 0 Å². The van der Waals surface area contributed by atoms with Crippen molar-refractivity contribution in [2.45, 2.75) is 23.3 Å². The number of nitrogen functional groups attached to an aromatic ring is 1. The number of hydrogen-bond donors (Lipinski definition) is 1. The molecular weight excluding hydrogens is 417 g/mol. The molecule has 0 unspecified atom stereocenters. The number of halogens is 2. The first-order valence-corrected chi connectivity index (χ1v) is 10.5. The van der Waals surface area contributed by atoms with Gasteiger partial charge in [-0.1, -0.05) is 29.3 Å². The highest BCUT2D eigenvalue weighted by Gasteiger charge is 2.45. The summed E-state index contributed by atoms with van der Waals surface area (Å²) < 4.78 is 14.6. The predicted molar refractivity (Wildman–Crippen MR) is 113 cm³/mol. The molecular formula is C20H19Cl2N3O2S. The fraction of sp³-hybridized carbons (Fsp3) is 0.250. The highest BCUT2D eigenvalue weighted by Crippen LogP contribution is 2.41. The molecule has 0 aliphatic carbocycles. The van der Waals surface area contributed by atoms with E-state index in [-0.39, 0.29) is 6.10 Å². The number of thioether (sulfide) groups is 1. The summed E-state index contributed by atoms with van der Waals surface area (Å²) in [6.45, 7) is 0.910. The molecule has 1 saturated heterocycles. The second-order valence-corrected chi connectivity index (χ2v) is 8.48. The Morgan fingerprint density at radius 1 is 1.21 bits per heavy atom. The number of anilines is 1. The van der Waals surface area contributed by atoms with Crippen LogP contribution in [0.2, 0.25) is 10.0 Å². The third kappa shape index (κ3) is 4.31. The van der Waals surface area contributed by atoms with Crippen molar-refractivity contribution >= 4 is 40.7 Å². The van der Waals surface area contributed by atoms with Crippen LogP contribution in [0, 0.1) is 0 Å². The second kappa shape index (κ2) is 8.35. The molecule has 1 aromatic heterocycles. The SMILES string of the molecule is Nc1ccc(SC[C@H]2CO[C@@](Cn3ccnc3)(c3ccc(Cl)cc3Cl)O2)cc1. The predicted octanol–water partition coefficient (Wildman–Crippen LogP) is 4.83. The molecule has 4 rings (SSSR count). The highest BCUT2D eigenvalue weighted by molar-refractivity contribution is 7.99. The average Bonchev–Trinajstić information content (AvgIpc) is 3.32. The van der Waals surface area contributed by atoms with E-state index >= 15 is 0 Å². The normalized spacial score (nSPS) is 21.9. The van der Waals surface area contributed by atoms with Crippen LogP contribution < -0.4 is 5.73 Å². The van der Waals surface area contributed by atoms with Crippen LogP contribution >= 0.6 is 35.0 Å². The number of ether oxygens (including phenoxy) is 2. The summed E-state index contributed by atoms with van der Waals surface area (Å²) in [6, 6.07) is 13.2. The first-order chi connectivity index (χ1) is 13.5. The third-order valence-electron chi connectivity index (χ3n) is 4.47. The zero-order valence-corrected chi connectivity index (χ0v) is 17.3. The quantitative estimate of drug-likeness (QED) is 0.443. The molecule has 1 fully saturated rings.